The SMILES string of the molecule is COc1cccc(C[C@H]2COC[C@H](N)C(=O)OC(C)C2)c1. The molecule has 116 valence electrons. The fourth-order valence-electron chi connectivity index (χ4n) is 2.58. The Morgan fingerprint density at radius 3 is 2.95 bits per heavy atom. The molecular formula is C16H23NO4. The van der Waals surface area contributed by atoms with E-state index in [1.807, 2.05) is 25.1 Å². The molecule has 0 saturated carbocycles. The summed E-state index contributed by atoms with van der Waals surface area (Å²) in [7, 11) is 1.66. The van der Waals surface area contributed by atoms with Crippen LogP contribution in [0.2, 0.25) is 0 Å². The van der Waals surface area contributed by atoms with Gasteiger partial charge in [-0.25, -0.2) is 0 Å². The normalized spacial score (nSPS) is 27.2. The fourth-order valence-corrected chi connectivity index (χ4v) is 2.58. The van der Waals surface area contributed by atoms with E-state index in [1.54, 1.807) is 7.11 Å². The second kappa shape index (κ2) is 7.43. The Hall–Kier alpha value is -1.59. The first kappa shape index (κ1) is 15.8. The lowest BCUT2D eigenvalue weighted by Crippen LogP contribution is -2.37. The van der Waals surface area contributed by atoms with Crippen LogP contribution >= 0.6 is 0 Å². The van der Waals surface area contributed by atoms with Gasteiger partial charge in [-0.3, -0.25) is 4.79 Å². The Morgan fingerprint density at radius 2 is 2.19 bits per heavy atom. The van der Waals surface area contributed by atoms with Gasteiger partial charge in [0.2, 0.25) is 0 Å². The van der Waals surface area contributed by atoms with Crippen LogP contribution in [0.1, 0.15) is 18.9 Å². The minimum absolute atomic E-state index is 0.152. The van der Waals surface area contributed by atoms with Crippen LogP contribution in [0.5, 0.6) is 5.75 Å². The molecule has 1 unspecified atom stereocenters. The van der Waals surface area contributed by atoms with Crippen molar-refractivity contribution in [2.75, 3.05) is 20.3 Å². The Labute approximate surface area is 125 Å². The molecule has 21 heavy (non-hydrogen) atoms. The van der Waals surface area contributed by atoms with E-state index < -0.39 is 6.04 Å². The monoisotopic (exact) mass is 293 g/mol. The van der Waals surface area contributed by atoms with Crippen molar-refractivity contribution in [1.29, 1.82) is 0 Å². The molecule has 1 fully saturated rings. The van der Waals surface area contributed by atoms with Gasteiger partial charge in [0.05, 0.1) is 19.8 Å². The Morgan fingerprint density at radius 1 is 1.38 bits per heavy atom. The number of hydrogen-bond donors (Lipinski definition) is 1. The van der Waals surface area contributed by atoms with E-state index in [2.05, 4.69) is 6.07 Å². The maximum absolute atomic E-state index is 11.6. The summed E-state index contributed by atoms with van der Waals surface area (Å²) in [4.78, 5) is 11.6. The number of hydrogen-bond acceptors (Lipinski definition) is 5. The second-order valence-corrected chi connectivity index (χ2v) is 5.55. The summed E-state index contributed by atoms with van der Waals surface area (Å²) in [5.41, 5.74) is 6.88. The van der Waals surface area contributed by atoms with Crippen LogP contribution in [-0.4, -0.2) is 38.4 Å². The summed E-state index contributed by atoms with van der Waals surface area (Å²) in [5, 5.41) is 0. The number of nitrogens with two attached hydrogens (primary N) is 1. The Bertz CT molecular complexity index is 477. The molecule has 0 spiro atoms. The van der Waals surface area contributed by atoms with Crippen molar-refractivity contribution in [2.45, 2.75) is 31.9 Å². The second-order valence-electron chi connectivity index (χ2n) is 5.55. The number of carbonyl (C=O) groups is 1. The van der Waals surface area contributed by atoms with E-state index >= 15 is 0 Å². The predicted molar refractivity (Wildman–Crippen MR) is 79.2 cm³/mol. The third-order valence-electron chi connectivity index (χ3n) is 3.59. The van der Waals surface area contributed by atoms with Crippen molar-refractivity contribution in [2.24, 2.45) is 11.7 Å². The van der Waals surface area contributed by atoms with Gasteiger partial charge in [-0.1, -0.05) is 12.1 Å². The van der Waals surface area contributed by atoms with E-state index in [1.165, 1.54) is 5.56 Å². The van der Waals surface area contributed by atoms with Crippen LogP contribution in [0, 0.1) is 5.92 Å². The van der Waals surface area contributed by atoms with Crippen LogP contribution in [0.4, 0.5) is 0 Å². The van der Waals surface area contributed by atoms with Crippen LogP contribution < -0.4 is 10.5 Å². The summed E-state index contributed by atoms with van der Waals surface area (Å²) >= 11 is 0. The van der Waals surface area contributed by atoms with Gasteiger partial charge in [-0.15, -0.1) is 0 Å². The number of benzene rings is 1. The standard InChI is InChI=1S/C16H23NO4/c1-11-6-13(9-20-10-15(17)16(18)21-11)7-12-4-3-5-14(8-12)19-2/h3-5,8,11,13,15H,6-7,9-10,17H2,1-2H3/t11?,13-,15-/m0/s1. The molecule has 3 atom stereocenters. The maximum Gasteiger partial charge on any atom is 0.325 e. The topological polar surface area (TPSA) is 70.8 Å². The molecule has 0 bridgehead atoms. The van der Waals surface area contributed by atoms with Crippen molar-refractivity contribution in [3.8, 4) is 5.75 Å². The highest BCUT2D eigenvalue weighted by Gasteiger charge is 2.24. The molecule has 1 saturated heterocycles. The quantitative estimate of drug-likeness (QED) is 0.856. The van der Waals surface area contributed by atoms with Crippen molar-refractivity contribution in [3.63, 3.8) is 0 Å². The summed E-state index contributed by atoms with van der Waals surface area (Å²) in [6.45, 7) is 2.68. The smallest absolute Gasteiger partial charge is 0.325 e. The fraction of sp³-hybridized carbons (Fsp3) is 0.562. The molecule has 1 aliphatic rings. The van der Waals surface area contributed by atoms with Crippen LogP contribution in [0.25, 0.3) is 0 Å². The van der Waals surface area contributed by atoms with Gasteiger partial charge in [0.25, 0.3) is 0 Å². The lowest BCUT2D eigenvalue weighted by atomic mass is 9.94. The molecule has 1 aromatic rings. The van der Waals surface area contributed by atoms with E-state index in [4.69, 9.17) is 19.9 Å². The first-order valence-corrected chi connectivity index (χ1v) is 7.25. The van der Waals surface area contributed by atoms with E-state index in [0.29, 0.717) is 6.61 Å². The first-order chi connectivity index (χ1) is 10.1. The number of carbonyl (C=O) groups excluding carboxylic acids is 1. The molecular weight excluding hydrogens is 270 g/mol. The van der Waals surface area contributed by atoms with Gasteiger partial charge in [-0.05, 0) is 43.4 Å². The lowest BCUT2D eigenvalue weighted by Gasteiger charge is -2.19. The zero-order valence-electron chi connectivity index (χ0n) is 12.6. The zero-order chi connectivity index (χ0) is 15.2. The third-order valence-corrected chi connectivity index (χ3v) is 3.59. The summed E-state index contributed by atoms with van der Waals surface area (Å²) in [5.74, 6) is 0.743. The van der Waals surface area contributed by atoms with Crippen molar-refractivity contribution in [1.82, 2.24) is 0 Å². The molecule has 2 N–H and O–H groups in total. The molecule has 0 aliphatic carbocycles. The molecule has 1 heterocycles. The molecule has 0 radical (unpaired) electrons. The first-order valence-electron chi connectivity index (χ1n) is 7.25. The van der Waals surface area contributed by atoms with Crippen molar-refractivity contribution in [3.05, 3.63) is 29.8 Å². The molecule has 2 rings (SSSR count). The molecule has 1 aromatic carbocycles. The van der Waals surface area contributed by atoms with E-state index in [9.17, 15) is 4.79 Å². The van der Waals surface area contributed by atoms with Crippen LogP contribution in [0.15, 0.2) is 24.3 Å². The van der Waals surface area contributed by atoms with Gasteiger partial charge < -0.3 is 19.9 Å². The van der Waals surface area contributed by atoms with Gasteiger partial charge >= 0.3 is 5.97 Å². The molecule has 5 heteroatoms. The highest BCUT2D eigenvalue weighted by atomic mass is 16.5. The number of methoxy groups -OCH3 is 1. The molecule has 1 aliphatic heterocycles. The summed E-state index contributed by atoms with van der Waals surface area (Å²) in [6.07, 6.45) is 1.46. The average Bonchev–Trinajstić information content (AvgIpc) is 2.51. The molecule has 0 aromatic heterocycles. The lowest BCUT2D eigenvalue weighted by molar-refractivity contribution is -0.150. The van der Waals surface area contributed by atoms with Crippen molar-refractivity contribution >= 4 is 5.97 Å². The Kier molecular flexibility index (Phi) is 5.59. The average molecular weight is 293 g/mol. The Balaban J connectivity index is 2.02. The van der Waals surface area contributed by atoms with Gasteiger partial charge in [0, 0.05) is 6.61 Å². The summed E-state index contributed by atoms with van der Waals surface area (Å²) in [6, 6.07) is 7.30. The largest absolute Gasteiger partial charge is 0.497 e. The molecule has 0 amide bonds. The highest BCUT2D eigenvalue weighted by Crippen LogP contribution is 2.21. The number of esters is 1. The maximum atomic E-state index is 11.6. The van der Waals surface area contributed by atoms with Crippen LogP contribution in [-0.2, 0) is 20.7 Å². The van der Waals surface area contributed by atoms with Gasteiger partial charge in [0.15, 0.2) is 0 Å². The summed E-state index contributed by atoms with van der Waals surface area (Å²) < 4.78 is 16.1. The minimum atomic E-state index is -0.692. The zero-order valence-corrected chi connectivity index (χ0v) is 12.6. The van der Waals surface area contributed by atoms with E-state index in [-0.39, 0.29) is 24.6 Å². The number of rotatable bonds is 3. The van der Waals surface area contributed by atoms with E-state index in [0.717, 1.165) is 18.6 Å². The van der Waals surface area contributed by atoms with Crippen molar-refractivity contribution < 1.29 is 19.0 Å². The highest BCUT2D eigenvalue weighted by molar-refractivity contribution is 5.75. The van der Waals surface area contributed by atoms with Crippen LogP contribution in [0.3, 0.4) is 0 Å². The molecule has 5 nitrogen and oxygen atoms in total. The minimum Gasteiger partial charge on any atom is -0.497 e. The number of cyclic esters (lactones) is 1. The number of ether oxygens (including phenoxy) is 3. The third kappa shape index (κ3) is 4.72. The van der Waals surface area contributed by atoms with Gasteiger partial charge in [0.1, 0.15) is 11.8 Å². The predicted octanol–water partition coefficient (Wildman–Crippen LogP) is 1.53. The van der Waals surface area contributed by atoms with Gasteiger partial charge in [-0.2, -0.15) is 0 Å².